The maximum absolute atomic E-state index is 9.00. The van der Waals surface area contributed by atoms with E-state index >= 15 is 0 Å². The number of unbranched alkanes of at least 4 members (excludes halogenated alkanes) is 1. The summed E-state index contributed by atoms with van der Waals surface area (Å²) in [7, 11) is 0. The highest BCUT2D eigenvalue weighted by molar-refractivity contribution is 6.33. The van der Waals surface area contributed by atoms with Crippen molar-refractivity contribution < 1.29 is 5.11 Å². The van der Waals surface area contributed by atoms with Crippen molar-refractivity contribution in [1.82, 2.24) is 10.2 Å². The predicted molar refractivity (Wildman–Crippen MR) is 66.3 cm³/mol. The largest absolute Gasteiger partial charge is 0.395 e. The summed E-state index contributed by atoms with van der Waals surface area (Å²) in [5, 5.41) is 17.0. The molecular weight excluding hydrogens is 249 g/mol. The van der Waals surface area contributed by atoms with Gasteiger partial charge in [0.2, 0.25) is 0 Å². The van der Waals surface area contributed by atoms with Crippen molar-refractivity contribution in [1.29, 1.82) is 0 Å². The number of hydrogen-bond donors (Lipinski definition) is 1. The average molecular weight is 264 g/mol. The molecule has 6 heteroatoms. The highest BCUT2D eigenvalue weighted by Gasteiger charge is 2.12. The molecule has 1 heterocycles. The van der Waals surface area contributed by atoms with Crippen LogP contribution in [-0.2, 0) is 0 Å². The van der Waals surface area contributed by atoms with E-state index in [0.717, 1.165) is 25.1 Å². The number of rotatable bonds is 6. The first kappa shape index (κ1) is 13.5. The van der Waals surface area contributed by atoms with E-state index in [1.807, 2.05) is 4.90 Å². The van der Waals surface area contributed by atoms with Gasteiger partial charge in [-0.3, -0.25) is 0 Å². The molecule has 0 spiro atoms. The second-order valence-electron chi connectivity index (χ2n) is 3.41. The van der Waals surface area contributed by atoms with Gasteiger partial charge in [-0.2, -0.15) is 0 Å². The molecule has 1 aromatic rings. The Morgan fingerprint density at radius 3 is 2.69 bits per heavy atom. The molecule has 4 nitrogen and oxygen atoms in total. The Kier molecular flexibility index (Phi) is 5.80. The molecule has 0 radical (unpaired) electrons. The van der Waals surface area contributed by atoms with Crippen molar-refractivity contribution in [2.45, 2.75) is 19.8 Å². The molecule has 0 fully saturated rings. The fourth-order valence-electron chi connectivity index (χ4n) is 1.39. The molecule has 0 unspecified atom stereocenters. The number of anilines is 1. The van der Waals surface area contributed by atoms with Gasteiger partial charge in [0, 0.05) is 19.2 Å². The van der Waals surface area contributed by atoms with Crippen molar-refractivity contribution in [3.63, 3.8) is 0 Å². The molecule has 0 aromatic carbocycles. The van der Waals surface area contributed by atoms with Crippen LogP contribution in [0.15, 0.2) is 6.07 Å². The van der Waals surface area contributed by atoms with E-state index < -0.39 is 0 Å². The fourth-order valence-corrected chi connectivity index (χ4v) is 1.74. The number of aliphatic hydroxyl groups excluding tert-OH is 1. The molecule has 1 aromatic heterocycles. The standard InChI is InChI=1S/C10H15Cl2N3O/c1-2-3-4-15(5-6-16)8-7-9(11)13-14-10(8)12/h7,16H,2-6H2,1H3. The predicted octanol–water partition coefficient (Wildman–Crippen LogP) is 2.38. The number of hydrogen-bond acceptors (Lipinski definition) is 4. The second-order valence-corrected chi connectivity index (χ2v) is 4.15. The van der Waals surface area contributed by atoms with Gasteiger partial charge < -0.3 is 10.0 Å². The van der Waals surface area contributed by atoms with E-state index in [0.29, 0.717) is 16.9 Å². The van der Waals surface area contributed by atoms with Gasteiger partial charge in [0.15, 0.2) is 10.3 Å². The van der Waals surface area contributed by atoms with E-state index in [9.17, 15) is 0 Å². The summed E-state index contributed by atoms with van der Waals surface area (Å²) in [6.07, 6.45) is 2.10. The quantitative estimate of drug-likeness (QED) is 0.857. The lowest BCUT2D eigenvalue weighted by Gasteiger charge is -2.24. The summed E-state index contributed by atoms with van der Waals surface area (Å²) < 4.78 is 0. The van der Waals surface area contributed by atoms with Gasteiger partial charge >= 0.3 is 0 Å². The van der Waals surface area contributed by atoms with E-state index in [2.05, 4.69) is 17.1 Å². The van der Waals surface area contributed by atoms with Gasteiger partial charge in [0.25, 0.3) is 0 Å². The lowest BCUT2D eigenvalue weighted by atomic mass is 10.3. The number of aliphatic hydroxyl groups is 1. The smallest absolute Gasteiger partial charge is 0.175 e. The van der Waals surface area contributed by atoms with E-state index in [1.165, 1.54) is 0 Å². The van der Waals surface area contributed by atoms with Gasteiger partial charge in [0.05, 0.1) is 12.3 Å². The van der Waals surface area contributed by atoms with Gasteiger partial charge in [-0.05, 0) is 6.42 Å². The third kappa shape index (κ3) is 3.77. The second kappa shape index (κ2) is 6.89. The van der Waals surface area contributed by atoms with Crippen LogP contribution in [0.1, 0.15) is 19.8 Å². The molecule has 0 bridgehead atoms. The maximum Gasteiger partial charge on any atom is 0.175 e. The van der Waals surface area contributed by atoms with Crippen molar-refractivity contribution in [2.75, 3.05) is 24.6 Å². The first-order chi connectivity index (χ1) is 7.69. The lowest BCUT2D eigenvalue weighted by molar-refractivity contribution is 0.301. The molecule has 0 saturated heterocycles. The van der Waals surface area contributed by atoms with Gasteiger partial charge in [-0.1, -0.05) is 36.5 Å². The average Bonchev–Trinajstić information content (AvgIpc) is 2.28. The highest BCUT2D eigenvalue weighted by Crippen LogP contribution is 2.25. The molecule has 90 valence electrons. The Morgan fingerprint density at radius 1 is 1.31 bits per heavy atom. The van der Waals surface area contributed by atoms with Crippen LogP contribution in [0.25, 0.3) is 0 Å². The van der Waals surface area contributed by atoms with Crippen LogP contribution in [0.5, 0.6) is 0 Å². The van der Waals surface area contributed by atoms with Gasteiger partial charge in [-0.15, -0.1) is 10.2 Å². The zero-order valence-electron chi connectivity index (χ0n) is 9.16. The van der Waals surface area contributed by atoms with Crippen LogP contribution in [0, 0.1) is 0 Å². The first-order valence-electron chi connectivity index (χ1n) is 5.23. The number of nitrogens with zero attached hydrogens (tertiary/aromatic N) is 3. The van der Waals surface area contributed by atoms with E-state index in [1.54, 1.807) is 6.07 Å². The summed E-state index contributed by atoms with van der Waals surface area (Å²) in [5.74, 6) is 0. The van der Waals surface area contributed by atoms with Crippen molar-refractivity contribution in [3.8, 4) is 0 Å². The fraction of sp³-hybridized carbons (Fsp3) is 0.600. The highest BCUT2D eigenvalue weighted by atomic mass is 35.5. The molecule has 16 heavy (non-hydrogen) atoms. The first-order valence-corrected chi connectivity index (χ1v) is 5.99. The van der Waals surface area contributed by atoms with Crippen molar-refractivity contribution >= 4 is 28.9 Å². The van der Waals surface area contributed by atoms with Crippen LogP contribution in [-0.4, -0.2) is 35.0 Å². The Bertz CT molecular complexity index is 336. The Balaban J connectivity index is 2.85. The minimum atomic E-state index is 0.0694. The molecule has 0 aliphatic rings. The minimum absolute atomic E-state index is 0.0694. The van der Waals surface area contributed by atoms with Crippen LogP contribution in [0.2, 0.25) is 10.3 Å². The zero-order chi connectivity index (χ0) is 12.0. The number of aromatic nitrogens is 2. The molecule has 0 aliphatic heterocycles. The maximum atomic E-state index is 9.00. The normalized spacial score (nSPS) is 10.5. The van der Waals surface area contributed by atoms with Crippen LogP contribution < -0.4 is 4.90 Å². The summed E-state index contributed by atoms with van der Waals surface area (Å²) in [6, 6.07) is 1.67. The van der Waals surface area contributed by atoms with Crippen LogP contribution in [0.4, 0.5) is 5.69 Å². The SMILES string of the molecule is CCCCN(CCO)c1cc(Cl)nnc1Cl. The Labute approximate surface area is 105 Å². The topological polar surface area (TPSA) is 49.2 Å². The molecule has 0 aliphatic carbocycles. The molecule has 0 amide bonds. The van der Waals surface area contributed by atoms with E-state index in [4.69, 9.17) is 28.3 Å². The summed E-state index contributed by atoms with van der Waals surface area (Å²) in [4.78, 5) is 1.96. The monoisotopic (exact) mass is 263 g/mol. The summed E-state index contributed by atoms with van der Waals surface area (Å²) >= 11 is 11.7. The molecule has 0 saturated carbocycles. The molecule has 1 N–H and O–H groups in total. The zero-order valence-corrected chi connectivity index (χ0v) is 10.7. The lowest BCUT2D eigenvalue weighted by Crippen LogP contribution is -2.28. The van der Waals surface area contributed by atoms with Crippen LogP contribution >= 0.6 is 23.2 Å². The minimum Gasteiger partial charge on any atom is -0.395 e. The van der Waals surface area contributed by atoms with Crippen molar-refractivity contribution in [2.24, 2.45) is 0 Å². The molecule has 0 atom stereocenters. The third-order valence-corrected chi connectivity index (χ3v) is 2.65. The Morgan fingerprint density at radius 2 is 2.06 bits per heavy atom. The van der Waals surface area contributed by atoms with Gasteiger partial charge in [-0.25, -0.2) is 0 Å². The summed E-state index contributed by atoms with van der Waals surface area (Å²) in [6.45, 7) is 3.51. The Hall–Kier alpha value is -0.580. The van der Waals surface area contributed by atoms with Crippen LogP contribution in [0.3, 0.4) is 0 Å². The summed E-state index contributed by atoms with van der Waals surface area (Å²) in [5.41, 5.74) is 0.726. The number of halogens is 2. The molecule has 1 rings (SSSR count). The van der Waals surface area contributed by atoms with Crippen molar-refractivity contribution in [3.05, 3.63) is 16.4 Å². The molecular formula is C10H15Cl2N3O. The van der Waals surface area contributed by atoms with Gasteiger partial charge in [0.1, 0.15) is 0 Å². The van der Waals surface area contributed by atoms with E-state index in [-0.39, 0.29) is 6.61 Å². The third-order valence-electron chi connectivity index (χ3n) is 2.19.